The van der Waals surface area contributed by atoms with Gasteiger partial charge < -0.3 is 15.8 Å². The summed E-state index contributed by atoms with van der Waals surface area (Å²) in [6.07, 6.45) is 4.14. The standard InChI is InChI=1S/C12H13N5O2/c1-2-19-11-4-3-8(5-16-11)17-12(18)9-6-15-10(13)7-14-9/h3-7H,2H2,1H3,(H2,13,15)(H,17,18). The monoisotopic (exact) mass is 259 g/mol. The van der Waals surface area contributed by atoms with Crippen molar-refractivity contribution in [3.8, 4) is 5.88 Å². The highest BCUT2D eigenvalue weighted by Crippen LogP contribution is 2.12. The molecule has 3 N–H and O–H groups in total. The molecule has 2 aromatic rings. The number of carbonyl (C=O) groups excluding carboxylic acids is 1. The predicted molar refractivity (Wildman–Crippen MR) is 69.8 cm³/mol. The highest BCUT2D eigenvalue weighted by molar-refractivity contribution is 6.02. The summed E-state index contributed by atoms with van der Waals surface area (Å²) in [7, 11) is 0. The van der Waals surface area contributed by atoms with Gasteiger partial charge in [-0.15, -0.1) is 0 Å². The van der Waals surface area contributed by atoms with Crippen LogP contribution in [0.25, 0.3) is 0 Å². The number of ether oxygens (including phenoxy) is 1. The molecule has 0 bridgehead atoms. The van der Waals surface area contributed by atoms with E-state index in [9.17, 15) is 4.79 Å². The largest absolute Gasteiger partial charge is 0.478 e. The fraction of sp³-hybridized carbons (Fsp3) is 0.167. The average Bonchev–Trinajstić information content (AvgIpc) is 2.42. The number of nitrogens with zero attached hydrogens (tertiary/aromatic N) is 3. The lowest BCUT2D eigenvalue weighted by molar-refractivity contribution is 0.102. The van der Waals surface area contributed by atoms with E-state index in [0.717, 1.165) is 0 Å². The molecule has 0 aliphatic rings. The molecule has 19 heavy (non-hydrogen) atoms. The first-order valence-electron chi connectivity index (χ1n) is 5.66. The number of aromatic nitrogens is 3. The third-order valence-corrected chi connectivity index (χ3v) is 2.19. The number of pyridine rings is 1. The minimum Gasteiger partial charge on any atom is -0.478 e. The molecule has 7 heteroatoms. The molecule has 0 aliphatic carbocycles. The van der Waals surface area contributed by atoms with E-state index in [4.69, 9.17) is 10.5 Å². The van der Waals surface area contributed by atoms with Crippen LogP contribution in [0.15, 0.2) is 30.7 Å². The first-order valence-corrected chi connectivity index (χ1v) is 5.66. The number of nitrogens with two attached hydrogens (primary N) is 1. The van der Waals surface area contributed by atoms with Crippen molar-refractivity contribution in [1.29, 1.82) is 0 Å². The number of nitrogens with one attached hydrogen (secondary N) is 1. The molecule has 0 saturated carbocycles. The number of nitrogen functional groups attached to an aromatic ring is 1. The zero-order valence-corrected chi connectivity index (χ0v) is 10.3. The minimum atomic E-state index is -0.376. The predicted octanol–water partition coefficient (Wildman–Crippen LogP) is 1.10. The molecule has 1 amide bonds. The van der Waals surface area contributed by atoms with Gasteiger partial charge in [0.1, 0.15) is 11.5 Å². The first kappa shape index (κ1) is 12.7. The molecular formula is C12H13N5O2. The molecule has 98 valence electrons. The Morgan fingerprint density at radius 3 is 2.68 bits per heavy atom. The number of amides is 1. The Bertz CT molecular complexity index is 553. The molecule has 0 unspecified atom stereocenters. The van der Waals surface area contributed by atoms with Crippen LogP contribution in [0.5, 0.6) is 5.88 Å². The lowest BCUT2D eigenvalue weighted by Crippen LogP contribution is -2.14. The van der Waals surface area contributed by atoms with Gasteiger partial charge in [-0.3, -0.25) is 4.79 Å². The number of rotatable bonds is 4. The van der Waals surface area contributed by atoms with Gasteiger partial charge in [-0.2, -0.15) is 0 Å². The molecule has 0 radical (unpaired) electrons. The van der Waals surface area contributed by atoms with Crippen molar-refractivity contribution >= 4 is 17.4 Å². The Labute approximate surface area is 109 Å². The Kier molecular flexibility index (Phi) is 3.87. The van der Waals surface area contributed by atoms with Crippen LogP contribution in [-0.4, -0.2) is 27.5 Å². The van der Waals surface area contributed by atoms with E-state index in [-0.39, 0.29) is 17.4 Å². The summed E-state index contributed by atoms with van der Waals surface area (Å²) < 4.78 is 5.20. The second-order valence-corrected chi connectivity index (χ2v) is 3.60. The van der Waals surface area contributed by atoms with Crippen LogP contribution >= 0.6 is 0 Å². The quantitative estimate of drug-likeness (QED) is 0.852. The molecule has 0 saturated heterocycles. The third kappa shape index (κ3) is 3.38. The van der Waals surface area contributed by atoms with Gasteiger partial charge >= 0.3 is 0 Å². The highest BCUT2D eigenvalue weighted by Gasteiger charge is 2.08. The van der Waals surface area contributed by atoms with Crippen LogP contribution in [-0.2, 0) is 0 Å². The van der Waals surface area contributed by atoms with Crippen LogP contribution in [0, 0.1) is 0 Å². The maximum absolute atomic E-state index is 11.8. The molecule has 0 atom stereocenters. The fourth-order valence-corrected chi connectivity index (χ4v) is 1.34. The van der Waals surface area contributed by atoms with Crippen molar-refractivity contribution < 1.29 is 9.53 Å². The molecule has 0 fully saturated rings. The van der Waals surface area contributed by atoms with Gasteiger partial charge in [-0.05, 0) is 13.0 Å². The van der Waals surface area contributed by atoms with Crippen molar-refractivity contribution in [2.45, 2.75) is 6.92 Å². The normalized spacial score (nSPS) is 9.95. The summed E-state index contributed by atoms with van der Waals surface area (Å²) in [5.41, 5.74) is 6.13. The van der Waals surface area contributed by atoms with Crippen LogP contribution in [0.4, 0.5) is 11.5 Å². The maximum atomic E-state index is 11.8. The molecule has 0 aliphatic heterocycles. The smallest absolute Gasteiger partial charge is 0.275 e. The lowest BCUT2D eigenvalue weighted by Gasteiger charge is -2.05. The Balaban J connectivity index is 2.04. The Morgan fingerprint density at radius 2 is 2.11 bits per heavy atom. The van der Waals surface area contributed by atoms with Gasteiger partial charge in [-0.25, -0.2) is 15.0 Å². The molecule has 2 heterocycles. The average molecular weight is 259 g/mol. The van der Waals surface area contributed by atoms with Crippen molar-refractivity contribution in [1.82, 2.24) is 15.0 Å². The minimum absolute atomic E-state index is 0.183. The summed E-state index contributed by atoms with van der Waals surface area (Å²) in [5, 5.41) is 2.65. The van der Waals surface area contributed by atoms with E-state index < -0.39 is 0 Å². The van der Waals surface area contributed by atoms with Crippen LogP contribution in [0.3, 0.4) is 0 Å². The van der Waals surface area contributed by atoms with Gasteiger partial charge in [0.05, 0.1) is 30.9 Å². The van der Waals surface area contributed by atoms with Crippen molar-refractivity contribution in [3.63, 3.8) is 0 Å². The Morgan fingerprint density at radius 1 is 1.26 bits per heavy atom. The van der Waals surface area contributed by atoms with E-state index in [1.54, 1.807) is 12.1 Å². The SMILES string of the molecule is CCOc1ccc(NC(=O)c2cnc(N)cn2)cn1. The number of carbonyl (C=O) groups is 1. The zero-order valence-electron chi connectivity index (χ0n) is 10.3. The van der Waals surface area contributed by atoms with Crippen LogP contribution < -0.4 is 15.8 Å². The van der Waals surface area contributed by atoms with Gasteiger partial charge in [0.25, 0.3) is 5.91 Å². The summed E-state index contributed by atoms with van der Waals surface area (Å²) >= 11 is 0. The van der Waals surface area contributed by atoms with E-state index >= 15 is 0 Å². The van der Waals surface area contributed by atoms with E-state index in [2.05, 4.69) is 20.3 Å². The third-order valence-electron chi connectivity index (χ3n) is 2.19. The zero-order chi connectivity index (χ0) is 13.7. The van der Waals surface area contributed by atoms with Gasteiger partial charge in [0.2, 0.25) is 5.88 Å². The lowest BCUT2D eigenvalue weighted by atomic mass is 10.3. The van der Waals surface area contributed by atoms with Crippen LogP contribution in [0.1, 0.15) is 17.4 Å². The molecule has 2 aromatic heterocycles. The van der Waals surface area contributed by atoms with Crippen molar-refractivity contribution in [2.24, 2.45) is 0 Å². The molecule has 7 nitrogen and oxygen atoms in total. The summed E-state index contributed by atoms with van der Waals surface area (Å²) in [5.74, 6) is 0.394. The van der Waals surface area contributed by atoms with Gasteiger partial charge in [0, 0.05) is 6.07 Å². The van der Waals surface area contributed by atoms with E-state index in [0.29, 0.717) is 18.2 Å². The number of hydrogen-bond donors (Lipinski definition) is 2. The van der Waals surface area contributed by atoms with Crippen molar-refractivity contribution in [3.05, 3.63) is 36.4 Å². The fourth-order valence-electron chi connectivity index (χ4n) is 1.34. The molecular weight excluding hydrogens is 246 g/mol. The maximum Gasteiger partial charge on any atom is 0.275 e. The number of anilines is 2. The van der Waals surface area contributed by atoms with Crippen LogP contribution in [0.2, 0.25) is 0 Å². The molecule has 0 aromatic carbocycles. The van der Waals surface area contributed by atoms with E-state index in [1.165, 1.54) is 18.6 Å². The second-order valence-electron chi connectivity index (χ2n) is 3.60. The molecule has 0 spiro atoms. The number of hydrogen-bond acceptors (Lipinski definition) is 6. The molecule has 2 rings (SSSR count). The second kappa shape index (κ2) is 5.76. The first-order chi connectivity index (χ1) is 9.19. The van der Waals surface area contributed by atoms with Gasteiger partial charge in [-0.1, -0.05) is 0 Å². The van der Waals surface area contributed by atoms with E-state index in [1.807, 2.05) is 6.92 Å². The highest BCUT2D eigenvalue weighted by atomic mass is 16.5. The topological polar surface area (TPSA) is 103 Å². The Hall–Kier alpha value is -2.70. The van der Waals surface area contributed by atoms with Gasteiger partial charge in [0.15, 0.2) is 0 Å². The summed E-state index contributed by atoms with van der Waals surface area (Å²) in [6, 6.07) is 3.37. The summed E-state index contributed by atoms with van der Waals surface area (Å²) in [6.45, 7) is 2.41. The van der Waals surface area contributed by atoms with Crippen molar-refractivity contribution in [2.75, 3.05) is 17.7 Å². The summed E-state index contributed by atoms with van der Waals surface area (Å²) in [4.78, 5) is 23.5.